The second-order valence-corrected chi connectivity index (χ2v) is 5.78. The van der Waals surface area contributed by atoms with Crippen LogP contribution in [0.4, 0.5) is 0 Å². The molecule has 102 valence electrons. The van der Waals surface area contributed by atoms with Gasteiger partial charge in [0.2, 0.25) is 0 Å². The fourth-order valence-corrected chi connectivity index (χ4v) is 3.05. The molecule has 3 aromatic rings. The highest BCUT2D eigenvalue weighted by Gasteiger charge is 2.02. The first-order valence-electron chi connectivity index (χ1n) is 6.72. The number of benzene rings is 1. The predicted octanol–water partition coefficient (Wildman–Crippen LogP) is 3.40. The van der Waals surface area contributed by atoms with Crippen molar-refractivity contribution in [3.63, 3.8) is 0 Å². The molecule has 3 rings (SSSR count). The summed E-state index contributed by atoms with van der Waals surface area (Å²) in [6, 6.07) is 14.9. The van der Waals surface area contributed by atoms with Gasteiger partial charge in [0.05, 0.1) is 6.33 Å². The number of hydrogen-bond donors (Lipinski definition) is 1. The molecule has 2 aromatic heterocycles. The summed E-state index contributed by atoms with van der Waals surface area (Å²) in [6.07, 6.45) is 5.64. The maximum atomic E-state index is 4.03. The van der Waals surface area contributed by atoms with E-state index >= 15 is 0 Å². The highest BCUT2D eigenvalue weighted by atomic mass is 32.1. The van der Waals surface area contributed by atoms with Crippen LogP contribution in [0.5, 0.6) is 0 Å². The van der Waals surface area contributed by atoms with Crippen LogP contribution in [0.3, 0.4) is 0 Å². The second-order valence-electron chi connectivity index (χ2n) is 4.61. The summed E-state index contributed by atoms with van der Waals surface area (Å²) in [5.74, 6) is 0. The van der Waals surface area contributed by atoms with Crippen molar-refractivity contribution in [2.45, 2.75) is 13.1 Å². The third kappa shape index (κ3) is 3.35. The van der Waals surface area contributed by atoms with Gasteiger partial charge >= 0.3 is 0 Å². The van der Waals surface area contributed by atoms with E-state index in [0.29, 0.717) is 0 Å². The normalized spacial score (nSPS) is 10.8. The molecule has 0 aliphatic carbocycles. The molecule has 4 heteroatoms. The van der Waals surface area contributed by atoms with Gasteiger partial charge in [0.1, 0.15) is 0 Å². The molecule has 2 heterocycles. The van der Waals surface area contributed by atoms with Gasteiger partial charge in [0.25, 0.3) is 0 Å². The Bertz CT molecular complexity index is 629. The fraction of sp³-hybridized carbons (Fsp3) is 0.188. The molecule has 0 spiro atoms. The Balaban J connectivity index is 1.50. The van der Waals surface area contributed by atoms with E-state index in [1.807, 2.05) is 30.1 Å². The standard InChI is InChI=1S/C16H17N3S/c1-2-4-14(5-3-1)16-7-6-15(20-16)12-17-8-10-19-11-9-18-13-19/h1-7,9,11,13,17H,8,10,12H2. The average Bonchev–Trinajstić information content (AvgIpc) is 3.16. The van der Waals surface area contributed by atoms with Crippen molar-refractivity contribution >= 4 is 11.3 Å². The van der Waals surface area contributed by atoms with Gasteiger partial charge in [0, 0.05) is 41.8 Å². The summed E-state index contributed by atoms with van der Waals surface area (Å²) in [5, 5.41) is 3.47. The van der Waals surface area contributed by atoms with Gasteiger partial charge in [-0.15, -0.1) is 11.3 Å². The predicted molar refractivity (Wildman–Crippen MR) is 83.7 cm³/mol. The minimum atomic E-state index is 0.923. The van der Waals surface area contributed by atoms with Gasteiger partial charge in [-0.2, -0.15) is 0 Å². The molecule has 0 saturated carbocycles. The summed E-state index contributed by atoms with van der Waals surface area (Å²) in [6.45, 7) is 2.83. The van der Waals surface area contributed by atoms with E-state index in [9.17, 15) is 0 Å². The molecule has 0 aliphatic rings. The van der Waals surface area contributed by atoms with Crippen molar-refractivity contribution in [3.8, 4) is 10.4 Å². The van der Waals surface area contributed by atoms with E-state index in [2.05, 4.69) is 57.3 Å². The lowest BCUT2D eigenvalue weighted by Gasteiger charge is -2.03. The lowest BCUT2D eigenvalue weighted by molar-refractivity contribution is 0.600. The topological polar surface area (TPSA) is 29.9 Å². The van der Waals surface area contributed by atoms with Crippen molar-refractivity contribution in [1.29, 1.82) is 0 Å². The molecule has 0 fully saturated rings. The first-order valence-corrected chi connectivity index (χ1v) is 7.54. The van der Waals surface area contributed by atoms with E-state index in [-0.39, 0.29) is 0 Å². The maximum absolute atomic E-state index is 4.03. The molecule has 0 amide bonds. The van der Waals surface area contributed by atoms with Gasteiger partial charge in [0.15, 0.2) is 0 Å². The van der Waals surface area contributed by atoms with Crippen molar-refractivity contribution in [1.82, 2.24) is 14.9 Å². The summed E-state index contributed by atoms with van der Waals surface area (Å²) < 4.78 is 2.08. The quantitative estimate of drug-likeness (QED) is 0.703. The molecule has 20 heavy (non-hydrogen) atoms. The average molecular weight is 283 g/mol. The molecule has 3 nitrogen and oxygen atoms in total. The third-order valence-corrected chi connectivity index (χ3v) is 4.26. The van der Waals surface area contributed by atoms with Crippen LogP contribution in [0.25, 0.3) is 10.4 Å². The molecule has 1 aromatic carbocycles. The highest BCUT2D eigenvalue weighted by Crippen LogP contribution is 2.27. The Morgan fingerprint density at radius 1 is 1.10 bits per heavy atom. The summed E-state index contributed by atoms with van der Waals surface area (Å²) in [4.78, 5) is 6.73. The summed E-state index contributed by atoms with van der Waals surface area (Å²) in [7, 11) is 0. The van der Waals surface area contributed by atoms with E-state index in [4.69, 9.17) is 0 Å². The van der Waals surface area contributed by atoms with Crippen molar-refractivity contribution in [3.05, 3.63) is 66.1 Å². The Hall–Kier alpha value is -1.91. The van der Waals surface area contributed by atoms with Crippen LogP contribution in [-0.2, 0) is 13.1 Å². The lowest BCUT2D eigenvalue weighted by atomic mass is 10.2. The van der Waals surface area contributed by atoms with Crippen molar-refractivity contribution < 1.29 is 0 Å². The SMILES string of the molecule is c1ccc(-c2ccc(CNCCn3ccnc3)s2)cc1. The summed E-state index contributed by atoms with van der Waals surface area (Å²) in [5.41, 5.74) is 1.29. The summed E-state index contributed by atoms with van der Waals surface area (Å²) >= 11 is 1.85. The number of thiophene rings is 1. The first kappa shape index (κ1) is 13.1. The van der Waals surface area contributed by atoms with Gasteiger partial charge in [-0.25, -0.2) is 4.98 Å². The van der Waals surface area contributed by atoms with Crippen LogP contribution < -0.4 is 5.32 Å². The van der Waals surface area contributed by atoms with Gasteiger partial charge in [-0.3, -0.25) is 0 Å². The maximum Gasteiger partial charge on any atom is 0.0946 e. The largest absolute Gasteiger partial charge is 0.336 e. The molecule has 0 unspecified atom stereocenters. The zero-order chi connectivity index (χ0) is 13.6. The number of imidazole rings is 1. The molecular weight excluding hydrogens is 266 g/mol. The number of hydrogen-bond acceptors (Lipinski definition) is 3. The zero-order valence-electron chi connectivity index (χ0n) is 11.2. The van der Waals surface area contributed by atoms with Crippen molar-refractivity contribution in [2.75, 3.05) is 6.54 Å². The number of aromatic nitrogens is 2. The second kappa shape index (κ2) is 6.50. The first-order chi connectivity index (χ1) is 9.92. The smallest absolute Gasteiger partial charge is 0.0946 e. The molecule has 1 N–H and O–H groups in total. The molecule has 0 bridgehead atoms. The van der Waals surface area contributed by atoms with E-state index in [0.717, 1.165) is 19.6 Å². The minimum Gasteiger partial charge on any atom is -0.336 e. The van der Waals surface area contributed by atoms with Crippen LogP contribution in [0.15, 0.2) is 61.2 Å². The van der Waals surface area contributed by atoms with Crippen molar-refractivity contribution in [2.24, 2.45) is 0 Å². The monoisotopic (exact) mass is 283 g/mol. The number of rotatable bonds is 6. The Kier molecular flexibility index (Phi) is 4.25. The molecule has 0 radical (unpaired) electrons. The van der Waals surface area contributed by atoms with Gasteiger partial charge in [-0.05, 0) is 17.7 Å². The number of nitrogens with one attached hydrogen (secondary N) is 1. The molecule has 0 aliphatic heterocycles. The Morgan fingerprint density at radius 2 is 2.00 bits per heavy atom. The molecule has 0 saturated heterocycles. The van der Waals surface area contributed by atoms with E-state index in [1.165, 1.54) is 15.3 Å². The van der Waals surface area contributed by atoms with E-state index in [1.54, 1.807) is 0 Å². The fourth-order valence-electron chi connectivity index (χ4n) is 2.07. The third-order valence-electron chi connectivity index (χ3n) is 3.13. The Morgan fingerprint density at radius 3 is 2.80 bits per heavy atom. The molecular formula is C16H17N3S. The lowest BCUT2D eigenvalue weighted by Crippen LogP contribution is -2.18. The van der Waals surface area contributed by atoms with Crippen LogP contribution in [0, 0.1) is 0 Å². The van der Waals surface area contributed by atoms with E-state index < -0.39 is 0 Å². The highest BCUT2D eigenvalue weighted by molar-refractivity contribution is 7.15. The van der Waals surface area contributed by atoms with Crippen LogP contribution in [0.1, 0.15) is 4.88 Å². The molecule has 0 atom stereocenters. The van der Waals surface area contributed by atoms with Gasteiger partial charge in [-0.1, -0.05) is 30.3 Å². The van der Waals surface area contributed by atoms with Crippen LogP contribution >= 0.6 is 11.3 Å². The van der Waals surface area contributed by atoms with Gasteiger partial charge < -0.3 is 9.88 Å². The van der Waals surface area contributed by atoms with Crippen LogP contribution in [0.2, 0.25) is 0 Å². The zero-order valence-corrected chi connectivity index (χ0v) is 12.0. The minimum absolute atomic E-state index is 0.923. The number of nitrogens with zero attached hydrogens (tertiary/aromatic N) is 2. The van der Waals surface area contributed by atoms with Crippen LogP contribution in [-0.4, -0.2) is 16.1 Å². The Labute approximate surface area is 122 Å².